The van der Waals surface area contributed by atoms with Gasteiger partial charge in [0.1, 0.15) is 23.5 Å². The number of rotatable bonds is 12. The van der Waals surface area contributed by atoms with Crippen molar-refractivity contribution in [3.05, 3.63) is 186 Å². The molecule has 0 radical (unpaired) electrons. The molecule has 0 amide bonds. The number of ketones is 1. The number of hydrogen-bond donors (Lipinski definition) is 3. The Bertz CT molecular complexity index is 2830. The Kier molecular flexibility index (Phi) is 45.1. The van der Waals surface area contributed by atoms with Gasteiger partial charge < -0.3 is 40.3 Å². The Balaban J connectivity index is -0.000000977. The molecule has 10 rings (SSSR count). The molecule has 5 aromatic rings. The first-order valence-electron chi connectivity index (χ1n) is 26.7. The average molecular weight is 1240 g/mol. The summed E-state index contributed by atoms with van der Waals surface area (Å²) in [5, 5.41) is 13.7. The first-order valence-corrected chi connectivity index (χ1v) is 29.3. The Labute approximate surface area is 538 Å². The van der Waals surface area contributed by atoms with E-state index in [4.69, 9.17) is 53.6 Å². The number of carbonyl (C=O) groups is 6. The minimum atomic E-state index is -2.24. The van der Waals surface area contributed by atoms with Crippen LogP contribution in [0.2, 0.25) is 0 Å². The van der Waals surface area contributed by atoms with Gasteiger partial charge in [0.25, 0.3) is 0 Å². The summed E-state index contributed by atoms with van der Waals surface area (Å²) in [5.74, 6) is 0.585. The van der Waals surface area contributed by atoms with Crippen molar-refractivity contribution < 1.29 is 77.6 Å². The first kappa shape index (κ1) is 83.1. The van der Waals surface area contributed by atoms with Crippen LogP contribution >= 0.6 is 30.1 Å². The van der Waals surface area contributed by atoms with Crippen LogP contribution in [0, 0.1) is 0 Å². The maximum Gasteiger partial charge on any atom is 1.00 e. The fraction of sp³-hybridized carbons (Fsp3) is 0.409. The molecular weight excluding hydrogens is 1150 g/mol. The third-order valence-corrected chi connectivity index (χ3v) is 17.7. The number of allylic oxidation sites excluding steroid dienone is 5. The van der Waals surface area contributed by atoms with Gasteiger partial charge in [-0.1, -0.05) is 157 Å². The second-order valence-electron chi connectivity index (χ2n) is 18.3. The smallest absolute Gasteiger partial charge is 0.477 e. The summed E-state index contributed by atoms with van der Waals surface area (Å²) in [6.45, 7) is 4.41. The van der Waals surface area contributed by atoms with E-state index < -0.39 is 12.9 Å². The van der Waals surface area contributed by atoms with Gasteiger partial charge in [0.2, 0.25) is 0 Å². The minimum Gasteiger partial charge on any atom is -0.477 e. The molecule has 460 valence electrons. The number of carboxylic acid groups (broad SMARTS) is 1. The Hall–Kier alpha value is -6.15. The first-order chi connectivity index (χ1) is 38.2. The number of fused-ring (bicyclic) bond motifs is 2. The maximum atomic E-state index is 12.5. The molecule has 19 heteroatoms. The molecular formula is C66H91Cl2N5NaO10P. The van der Waals surface area contributed by atoms with Crippen molar-refractivity contribution >= 4 is 87.7 Å². The molecule has 0 spiro atoms. The largest absolute Gasteiger partial charge is 1.00 e. The number of nitrogens with zero attached hydrogens (tertiary/aromatic N) is 3. The number of aromatic carboxylic acids is 1. The summed E-state index contributed by atoms with van der Waals surface area (Å²) in [4.78, 5) is 73.0. The molecule has 3 aromatic carbocycles. The number of aromatic nitrogens is 2. The van der Waals surface area contributed by atoms with E-state index in [1.165, 1.54) is 34.2 Å². The predicted molar refractivity (Wildman–Crippen MR) is 349 cm³/mol. The summed E-state index contributed by atoms with van der Waals surface area (Å²) in [6.07, 6.45) is 20.4. The van der Waals surface area contributed by atoms with Crippen molar-refractivity contribution in [1.82, 2.24) is 9.97 Å². The van der Waals surface area contributed by atoms with Gasteiger partial charge in [0.15, 0.2) is 0 Å². The van der Waals surface area contributed by atoms with E-state index in [9.17, 15) is 28.8 Å². The number of halogens is 2. The van der Waals surface area contributed by atoms with Gasteiger partial charge in [-0.15, -0.1) is 0 Å². The number of nitrogens with one attached hydrogen (secondary N) is 2. The van der Waals surface area contributed by atoms with Crippen LogP contribution in [0.4, 0.5) is 0 Å². The molecule has 0 atom stereocenters. The number of ether oxygens (including phenoxy) is 3. The van der Waals surface area contributed by atoms with Crippen LogP contribution in [0.25, 0.3) is 16.0 Å². The minimum absolute atomic E-state index is 0. The molecule has 0 aliphatic heterocycles. The van der Waals surface area contributed by atoms with E-state index in [1.807, 2.05) is 74.5 Å². The summed E-state index contributed by atoms with van der Waals surface area (Å²) in [7, 11) is 0. The summed E-state index contributed by atoms with van der Waals surface area (Å²) in [6, 6.07) is 34.4. The van der Waals surface area contributed by atoms with Crippen LogP contribution in [0.3, 0.4) is 0 Å². The molecule has 5 aliphatic rings. The van der Waals surface area contributed by atoms with Gasteiger partial charge in [-0.25, -0.2) is 19.2 Å². The van der Waals surface area contributed by atoms with Crippen molar-refractivity contribution in [3.8, 4) is 0 Å². The molecule has 0 unspecified atom stereocenters. The zero-order valence-corrected chi connectivity index (χ0v) is 50.6. The average Bonchev–Trinajstić information content (AvgIpc) is 3.14. The summed E-state index contributed by atoms with van der Waals surface area (Å²) < 4.78 is 14.9. The van der Waals surface area contributed by atoms with E-state index >= 15 is 0 Å². The van der Waals surface area contributed by atoms with Gasteiger partial charge in [-0.05, 0) is 162 Å². The Morgan fingerprint density at radius 3 is 1.29 bits per heavy atom. The van der Waals surface area contributed by atoms with E-state index in [1.54, 1.807) is 24.9 Å². The molecule has 1 fully saturated rings. The molecule has 2 aromatic heterocycles. The number of hydrogen-bond acceptors (Lipinski definition) is 9. The van der Waals surface area contributed by atoms with Crippen LogP contribution in [0.5, 0.6) is 0 Å². The van der Waals surface area contributed by atoms with Crippen LogP contribution in [0.1, 0.15) is 178 Å². The van der Waals surface area contributed by atoms with Gasteiger partial charge in [-0.2, -0.15) is 0 Å². The standard InChI is InChI=1S/C22H21O2P.C10H13ClO2.C10H13NO2.C8H9NO2.C6H7ClO.C5H8O.5CH4.N3.Na/c1-2-24-22(23)18-25(19-12-6-3-7-13-19,20-14-8-4-9-15-20)21-16-10-5-11-17-21;1-2-13-10(12)7-6-8-4-3-5-9(8)11;1-2-13-10(12)9-6-7-4-3-5-8(7)11-9;10-8(11)7-4-5-2-1-3-6(5)9-7;7-6-3-1-2-5(6)4-8;6-5-3-1-2-4-5;;;;;;1-3-2;/h3-18H,2H2,1H3;6-7H,2-5H2,1H3;6,11H,2-5H2,1H3;4,9H,1-3H2,(H,10,11);4H,1-3H2;1-4H2;5*1H4;;/q;;;;;;;;;;;-1;+1/b;7-6+;;;;;;;;;;;. The van der Waals surface area contributed by atoms with E-state index in [0.29, 0.717) is 37.0 Å². The van der Waals surface area contributed by atoms with Crippen molar-refractivity contribution in [2.75, 3.05) is 19.8 Å². The normalized spacial score (nSPS) is 13.4. The summed E-state index contributed by atoms with van der Waals surface area (Å²) in [5.41, 5.74) is 21.1. The van der Waals surface area contributed by atoms with Gasteiger partial charge in [0, 0.05) is 51.7 Å². The van der Waals surface area contributed by atoms with Crippen molar-refractivity contribution in [2.24, 2.45) is 0 Å². The van der Waals surface area contributed by atoms with E-state index in [-0.39, 0.29) is 84.6 Å². The van der Waals surface area contributed by atoms with E-state index in [0.717, 1.165) is 145 Å². The molecule has 15 nitrogen and oxygen atoms in total. The fourth-order valence-corrected chi connectivity index (χ4v) is 13.4. The molecule has 5 aliphatic carbocycles. The molecule has 85 heavy (non-hydrogen) atoms. The number of carbonyl (C=O) groups excluding carboxylic acids is 5. The molecule has 0 bridgehead atoms. The number of esters is 3. The number of aromatic amines is 2. The molecule has 0 saturated heterocycles. The number of benzene rings is 3. The molecule has 1 saturated carbocycles. The van der Waals surface area contributed by atoms with Crippen LogP contribution in [0.15, 0.2) is 136 Å². The van der Waals surface area contributed by atoms with Crippen LogP contribution in [-0.4, -0.2) is 76.6 Å². The van der Waals surface area contributed by atoms with Crippen LogP contribution < -0.4 is 45.5 Å². The van der Waals surface area contributed by atoms with Gasteiger partial charge in [0.05, 0.1) is 19.8 Å². The van der Waals surface area contributed by atoms with Gasteiger partial charge in [-0.3, -0.25) is 14.5 Å². The number of Topliss-reactive ketones (excluding diaryl/α,β-unsaturated/α-hetero) is 1. The fourth-order valence-electron chi connectivity index (χ4n) is 9.20. The zero-order valence-electron chi connectivity index (χ0n) is 46.2. The monoisotopic (exact) mass is 1240 g/mol. The second-order valence-corrected chi connectivity index (χ2v) is 22.5. The SMILES string of the molecule is C.C.C.C.C.CCOC(=O)/C=C/C1=C(Cl)CCC1.CCOC(=O)C=P(c1ccccc1)(c1ccccc1)c1ccccc1.CCOC(=O)c1cc2c([nH]1)CCC2.O=C(O)c1cc2c([nH]1)CCC2.O=C1CCCC1.O=CC1=C(Cl)CCC1.[N-]=[N+]=[N-].[Na+]. The predicted octanol–water partition coefficient (Wildman–Crippen LogP) is 13.1. The third kappa shape index (κ3) is 27.4. The molecule has 3 N–H and O–H groups in total. The van der Waals surface area contributed by atoms with Crippen molar-refractivity contribution in [3.63, 3.8) is 0 Å². The Morgan fingerprint density at radius 2 is 0.953 bits per heavy atom. The number of H-pyrrole nitrogens is 2. The number of carboxylic acids is 1. The van der Waals surface area contributed by atoms with Gasteiger partial charge >= 0.3 is 53.4 Å². The second kappa shape index (κ2) is 46.1. The molecule has 2 heterocycles. The van der Waals surface area contributed by atoms with E-state index in [2.05, 4.69) is 46.4 Å². The number of aldehydes is 1. The van der Waals surface area contributed by atoms with Crippen LogP contribution in [-0.2, 0) is 59.1 Å². The zero-order chi connectivity index (χ0) is 57.4. The van der Waals surface area contributed by atoms with Crippen molar-refractivity contribution in [1.29, 1.82) is 0 Å². The number of aryl methyl sites for hydroxylation is 4. The quantitative estimate of drug-likeness (QED) is 0.0123. The van der Waals surface area contributed by atoms with Crippen molar-refractivity contribution in [2.45, 2.75) is 161 Å². The third-order valence-electron chi connectivity index (χ3n) is 12.9. The topological polar surface area (TPSA) is 241 Å². The maximum absolute atomic E-state index is 12.5. The Morgan fingerprint density at radius 1 is 0.565 bits per heavy atom. The summed E-state index contributed by atoms with van der Waals surface area (Å²) >= 11 is 11.5.